The van der Waals surface area contributed by atoms with Crippen LogP contribution >= 0.6 is 0 Å². The third kappa shape index (κ3) is 22.7. The third-order valence-corrected chi connectivity index (χ3v) is 7.42. The van der Waals surface area contributed by atoms with E-state index in [1.54, 1.807) is 0 Å². The topological polar surface area (TPSA) is 127 Å². The normalized spacial score (nSPS) is 12.6. The molecule has 2 unspecified atom stereocenters. The van der Waals surface area contributed by atoms with E-state index in [1.165, 1.54) is 77.0 Å². The minimum Gasteiger partial charge on any atom is -0.481 e. The molecule has 0 radical (unpaired) electrons. The molecule has 0 fully saturated rings. The van der Waals surface area contributed by atoms with Gasteiger partial charge in [-0.2, -0.15) is 0 Å². The van der Waals surface area contributed by atoms with Gasteiger partial charge in [-0.05, 0) is 12.8 Å². The molecule has 0 heterocycles. The van der Waals surface area contributed by atoms with Gasteiger partial charge in [0.2, 0.25) is 0 Å². The molecule has 2 atom stereocenters. The average molecular weight is 571 g/mol. The second-order valence-electron chi connectivity index (χ2n) is 11.1. The van der Waals surface area contributed by atoms with Crippen LogP contribution in [0.25, 0.3) is 0 Å². The Morgan fingerprint density at radius 3 is 0.950 bits per heavy atom. The smallest absolute Gasteiger partial charge is 0.307 e. The molecular weight excluding hydrogens is 512 g/mol. The highest BCUT2D eigenvalue weighted by Crippen LogP contribution is 2.23. The number of hydrogen-bond donors (Lipinski definition) is 2. The largest absolute Gasteiger partial charge is 0.481 e. The molecule has 0 aromatic carbocycles. The highest BCUT2D eigenvalue weighted by Gasteiger charge is 2.37. The van der Waals surface area contributed by atoms with Crippen molar-refractivity contribution in [2.75, 3.05) is 13.2 Å². The van der Waals surface area contributed by atoms with E-state index in [4.69, 9.17) is 9.47 Å². The van der Waals surface area contributed by atoms with E-state index >= 15 is 0 Å². The van der Waals surface area contributed by atoms with E-state index in [0.29, 0.717) is 12.8 Å². The van der Waals surface area contributed by atoms with Crippen molar-refractivity contribution in [3.63, 3.8) is 0 Å². The van der Waals surface area contributed by atoms with Gasteiger partial charge in [0.15, 0.2) is 0 Å². The number of carboxylic acid groups (broad SMARTS) is 2. The molecular formula is C32H58O8. The van der Waals surface area contributed by atoms with Gasteiger partial charge in [0.05, 0.1) is 37.9 Å². The van der Waals surface area contributed by atoms with Crippen molar-refractivity contribution in [2.45, 2.75) is 155 Å². The molecule has 0 amide bonds. The summed E-state index contributed by atoms with van der Waals surface area (Å²) in [5.41, 5.74) is 0. The first-order valence-corrected chi connectivity index (χ1v) is 16.1. The predicted octanol–water partition coefficient (Wildman–Crippen LogP) is 8.10. The summed E-state index contributed by atoms with van der Waals surface area (Å²) in [6, 6.07) is 0. The van der Waals surface area contributed by atoms with Crippen molar-refractivity contribution in [3.8, 4) is 0 Å². The molecule has 0 bridgehead atoms. The van der Waals surface area contributed by atoms with Crippen LogP contribution in [0.2, 0.25) is 0 Å². The quantitative estimate of drug-likeness (QED) is 0.0682. The fourth-order valence-electron chi connectivity index (χ4n) is 4.83. The molecule has 0 saturated heterocycles. The zero-order chi connectivity index (χ0) is 29.8. The van der Waals surface area contributed by atoms with Crippen LogP contribution in [0, 0.1) is 11.8 Å². The van der Waals surface area contributed by atoms with Gasteiger partial charge in [-0.25, -0.2) is 0 Å². The van der Waals surface area contributed by atoms with E-state index in [9.17, 15) is 29.4 Å². The number of hydrogen-bond acceptors (Lipinski definition) is 6. The first-order valence-electron chi connectivity index (χ1n) is 16.1. The molecule has 0 aromatic heterocycles. The number of unbranched alkanes of at least 4 members (excludes halogenated alkanes) is 18. The van der Waals surface area contributed by atoms with Crippen molar-refractivity contribution in [2.24, 2.45) is 11.8 Å². The molecule has 0 rings (SSSR count). The maximum absolute atomic E-state index is 12.2. The molecule has 8 nitrogen and oxygen atoms in total. The minimum absolute atomic E-state index is 0.181. The molecule has 0 saturated carbocycles. The fraction of sp³-hybridized carbons (Fsp3) is 0.875. The van der Waals surface area contributed by atoms with Crippen LogP contribution in [-0.2, 0) is 28.7 Å². The lowest BCUT2D eigenvalue weighted by Gasteiger charge is -2.19. The van der Waals surface area contributed by atoms with Gasteiger partial charge in [-0.15, -0.1) is 0 Å². The van der Waals surface area contributed by atoms with Crippen LogP contribution in [0.15, 0.2) is 0 Å². The van der Waals surface area contributed by atoms with Gasteiger partial charge in [-0.1, -0.05) is 129 Å². The van der Waals surface area contributed by atoms with Gasteiger partial charge in [0.25, 0.3) is 0 Å². The fourth-order valence-corrected chi connectivity index (χ4v) is 4.83. The van der Waals surface area contributed by atoms with Crippen molar-refractivity contribution in [3.05, 3.63) is 0 Å². The Labute approximate surface area is 243 Å². The Kier molecular flexibility index (Phi) is 25.6. The standard InChI is InChI=1S/C32H58O8/c1-3-5-7-9-11-13-15-17-19-21-23-39-29(33)25-27(31(35)36)28(32(37)38)26-30(34)40-24-22-20-18-16-14-12-10-8-6-4-2/h27-28H,3-26H2,1-2H3,(H,35,36)(H,37,38). The Morgan fingerprint density at radius 1 is 0.450 bits per heavy atom. The van der Waals surface area contributed by atoms with Crippen molar-refractivity contribution in [1.82, 2.24) is 0 Å². The summed E-state index contributed by atoms with van der Waals surface area (Å²) in [7, 11) is 0. The van der Waals surface area contributed by atoms with Gasteiger partial charge >= 0.3 is 23.9 Å². The van der Waals surface area contributed by atoms with Crippen molar-refractivity contribution < 1.29 is 38.9 Å². The summed E-state index contributed by atoms with van der Waals surface area (Å²) in [5, 5.41) is 19.1. The van der Waals surface area contributed by atoms with E-state index < -0.39 is 48.6 Å². The van der Waals surface area contributed by atoms with Crippen LogP contribution < -0.4 is 0 Å². The van der Waals surface area contributed by atoms with E-state index in [2.05, 4.69) is 13.8 Å². The number of carbonyl (C=O) groups is 4. The molecule has 0 aliphatic rings. The Hall–Kier alpha value is -2.12. The van der Waals surface area contributed by atoms with Gasteiger partial charge < -0.3 is 19.7 Å². The molecule has 0 aliphatic carbocycles. The lowest BCUT2D eigenvalue weighted by Crippen LogP contribution is -2.34. The second kappa shape index (κ2) is 27.1. The van der Waals surface area contributed by atoms with Crippen LogP contribution in [0.5, 0.6) is 0 Å². The highest BCUT2D eigenvalue weighted by molar-refractivity contribution is 5.87. The highest BCUT2D eigenvalue weighted by atomic mass is 16.5. The SMILES string of the molecule is CCCCCCCCCCCCOC(=O)CC(C(=O)O)C(CC(=O)OCCCCCCCCCCCC)C(=O)O. The average Bonchev–Trinajstić information content (AvgIpc) is 2.92. The van der Waals surface area contributed by atoms with E-state index in [0.717, 1.165) is 38.5 Å². The summed E-state index contributed by atoms with van der Waals surface area (Å²) in [4.78, 5) is 48.0. The molecule has 234 valence electrons. The molecule has 2 N–H and O–H groups in total. The molecule has 40 heavy (non-hydrogen) atoms. The van der Waals surface area contributed by atoms with Crippen LogP contribution in [-0.4, -0.2) is 47.3 Å². The Morgan fingerprint density at radius 2 is 0.700 bits per heavy atom. The summed E-state index contributed by atoms with van der Waals surface area (Å²) in [6.45, 7) is 4.77. The number of carbonyl (C=O) groups excluding carboxylic acids is 2. The Balaban J connectivity index is 4.17. The lowest BCUT2D eigenvalue weighted by atomic mass is 9.87. The van der Waals surface area contributed by atoms with E-state index in [-0.39, 0.29) is 13.2 Å². The second-order valence-corrected chi connectivity index (χ2v) is 11.1. The first kappa shape index (κ1) is 37.9. The molecule has 0 aromatic rings. The van der Waals surface area contributed by atoms with Crippen LogP contribution in [0.1, 0.15) is 155 Å². The first-order chi connectivity index (χ1) is 19.3. The number of carboxylic acids is 2. The van der Waals surface area contributed by atoms with E-state index in [1.807, 2.05) is 0 Å². The monoisotopic (exact) mass is 570 g/mol. The summed E-state index contributed by atoms with van der Waals surface area (Å²) >= 11 is 0. The molecule has 0 aliphatic heterocycles. The maximum Gasteiger partial charge on any atom is 0.307 e. The van der Waals surface area contributed by atoms with Gasteiger partial charge in [0, 0.05) is 0 Å². The number of ether oxygens (including phenoxy) is 2. The lowest BCUT2D eigenvalue weighted by molar-refractivity contribution is -0.162. The van der Waals surface area contributed by atoms with Crippen molar-refractivity contribution in [1.29, 1.82) is 0 Å². The summed E-state index contributed by atoms with van der Waals surface area (Å²) in [6.07, 6.45) is 21.6. The predicted molar refractivity (Wildman–Crippen MR) is 157 cm³/mol. The summed E-state index contributed by atoms with van der Waals surface area (Å²) in [5.74, 6) is -7.50. The van der Waals surface area contributed by atoms with Crippen LogP contribution in [0.3, 0.4) is 0 Å². The number of aliphatic carboxylic acids is 2. The van der Waals surface area contributed by atoms with Crippen molar-refractivity contribution >= 4 is 23.9 Å². The number of esters is 2. The van der Waals surface area contributed by atoms with Crippen LogP contribution in [0.4, 0.5) is 0 Å². The minimum atomic E-state index is -1.55. The zero-order valence-electron chi connectivity index (χ0n) is 25.5. The van der Waals surface area contributed by atoms with Gasteiger partial charge in [0.1, 0.15) is 0 Å². The van der Waals surface area contributed by atoms with Gasteiger partial charge in [-0.3, -0.25) is 19.2 Å². The third-order valence-electron chi connectivity index (χ3n) is 7.42. The summed E-state index contributed by atoms with van der Waals surface area (Å²) < 4.78 is 10.3. The zero-order valence-corrected chi connectivity index (χ0v) is 25.5. The Bertz CT molecular complexity index is 607. The maximum atomic E-state index is 12.2. The molecule has 8 heteroatoms. The molecule has 0 spiro atoms. The number of rotatable bonds is 29.